The summed E-state index contributed by atoms with van der Waals surface area (Å²) in [5, 5.41) is 10.0. The van der Waals surface area contributed by atoms with Crippen molar-refractivity contribution < 1.29 is 0 Å². The largest absolute Gasteiger partial charge is 0.228 e. The average Bonchev–Trinajstić information content (AvgIpc) is 3.65. The van der Waals surface area contributed by atoms with Gasteiger partial charge in [0.05, 0.1) is 11.4 Å². The van der Waals surface area contributed by atoms with Crippen molar-refractivity contribution in [3.05, 3.63) is 194 Å². The van der Waals surface area contributed by atoms with Crippen LogP contribution in [-0.2, 0) is 0 Å². The summed E-state index contributed by atoms with van der Waals surface area (Å²) in [7, 11) is 0. The second kappa shape index (κ2) is 12.9. The highest BCUT2D eigenvalue weighted by Crippen LogP contribution is 2.43. The van der Waals surface area contributed by atoms with Crippen molar-refractivity contribution in [2.75, 3.05) is 0 Å². The summed E-state index contributed by atoms with van der Waals surface area (Å²) in [4.78, 5) is 10.7. The van der Waals surface area contributed by atoms with E-state index in [4.69, 9.17) is 9.97 Å². The molecule has 0 aliphatic heterocycles. The summed E-state index contributed by atoms with van der Waals surface area (Å²) in [6.45, 7) is 0. The van der Waals surface area contributed by atoms with Crippen LogP contribution in [0.3, 0.4) is 0 Å². The summed E-state index contributed by atoms with van der Waals surface area (Å²) < 4.78 is 2.51. The van der Waals surface area contributed by atoms with Crippen molar-refractivity contribution in [3.8, 4) is 56.2 Å². The number of thiophene rings is 1. The molecule has 9 aromatic carbocycles. The monoisotopic (exact) mass is 716 g/mol. The van der Waals surface area contributed by atoms with Crippen LogP contribution in [0.4, 0.5) is 0 Å². The molecule has 0 spiro atoms. The van der Waals surface area contributed by atoms with Crippen LogP contribution in [0.1, 0.15) is 0 Å². The molecule has 0 aliphatic rings. The molecule has 55 heavy (non-hydrogen) atoms. The van der Waals surface area contributed by atoms with Crippen LogP contribution in [0.2, 0.25) is 0 Å². The fraction of sp³-hybridized carbons (Fsp3) is 0. The molecule has 0 amide bonds. The van der Waals surface area contributed by atoms with Crippen molar-refractivity contribution >= 4 is 63.8 Å². The van der Waals surface area contributed by atoms with Gasteiger partial charge in [-0.15, -0.1) is 11.3 Å². The van der Waals surface area contributed by atoms with Gasteiger partial charge in [0.25, 0.3) is 0 Å². The third kappa shape index (κ3) is 5.32. The molecule has 0 saturated heterocycles. The summed E-state index contributed by atoms with van der Waals surface area (Å²) in [6.07, 6.45) is 0. The van der Waals surface area contributed by atoms with Crippen LogP contribution in [0.5, 0.6) is 0 Å². The Morgan fingerprint density at radius 1 is 0.327 bits per heavy atom. The first kappa shape index (κ1) is 31.6. The van der Waals surface area contributed by atoms with Gasteiger partial charge in [0.2, 0.25) is 0 Å². The SMILES string of the molecule is c1ccc(-c2ccccc2-c2cc(-c3cccc4c3sc3ccccc34)nc(-c3ccc(-c4c5ccccc5cc5c4ccc4ccccc45)cc3)n2)cc1. The molecule has 0 saturated carbocycles. The van der Waals surface area contributed by atoms with E-state index >= 15 is 0 Å². The maximum Gasteiger partial charge on any atom is 0.160 e. The lowest BCUT2D eigenvalue weighted by molar-refractivity contribution is 1.19. The van der Waals surface area contributed by atoms with E-state index in [1.807, 2.05) is 11.3 Å². The smallest absolute Gasteiger partial charge is 0.160 e. The molecular weight excluding hydrogens is 685 g/mol. The zero-order chi connectivity index (χ0) is 36.3. The average molecular weight is 717 g/mol. The number of nitrogens with zero attached hydrogens (tertiary/aromatic N) is 2. The fourth-order valence-corrected chi connectivity index (χ4v) is 9.52. The third-order valence-electron chi connectivity index (χ3n) is 10.9. The lowest BCUT2D eigenvalue weighted by atomic mass is 9.89. The molecule has 256 valence electrons. The number of hydrogen-bond donors (Lipinski definition) is 0. The highest BCUT2D eigenvalue weighted by Gasteiger charge is 2.18. The van der Waals surface area contributed by atoms with E-state index < -0.39 is 0 Å². The van der Waals surface area contributed by atoms with Gasteiger partial charge in [0, 0.05) is 36.9 Å². The topological polar surface area (TPSA) is 25.8 Å². The minimum absolute atomic E-state index is 0.703. The van der Waals surface area contributed by atoms with E-state index in [0.29, 0.717) is 5.82 Å². The number of hydrogen-bond acceptors (Lipinski definition) is 3. The molecule has 0 bridgehead atoms. The first-order valence-corrected chi connectivity index (χ1v) is 19.5. The lowest BCUT2D eigenvalue weighted by Crippen LogP contribution is -1.97. The second-order valence-corrected chi connectivity index (χ2v) is 15.1. The minimum atomic E-state index is 0.703. The highest BCUT2D eigenvalue weighted by molar-refractivity contribution is 7.26. The maximum atomic E-state index is 5.35. The molecule has 11 rings (SSSR count). The van der Waals surface area contributed by atoms with E-state index in [0.717, 1.165) is 39.2 Å². The van der Waals surface area contributed by atoms with Crippen LogP contribution in [0, 0.1) is 0 Å². The van der Waals surface area contributed by atoms with Gasteiger partial charge < -0.3 is 0 Å². The van der Waals surface area contributed by atoms with Gasteiger partial charge in [-0.25, -0.2) is 9.97 Å². The molecule has 0 radical (unpaired) electrons. The van der Waals surface area contributed by atoms with E-state index in [1.54, 1.807) is 0 Å². The Morgan fingerprint density at radius 2 is 0.945 bits per heavy atom. The van der Waals surface area contributed by atoms with Crippen LogP contribution >= 0.6 is 11.3 Å². The van der Waals surface area contributed by atoms with Crippen LogP contribution in [0.25, 0.3) is 109 Å². The van der Waals surface area contributed by atoms with Gasteiger partial charge in [-0.1, -0.05) is 176 Å². The van der Waals surface area contributed by atoms with Crippen LogP contribution in [-0.4, -0.2) is 9.97 Å². The Bertz CT molecular complexity index is 3250. The molecule has 0 unspecified atom stereocenters. The van der Waals surface area contributed by atoms with Crippen molar-refractivity contribution in [2.24, 2.45) is 0 Å². The van der Waals surface area contributed by atoms with E-state index in [1.165, 1.54) is 63.6 Å². The van der Waals surface area contributed by atoms with E-state index in [-0.39, 0.29) is 0 Å². The fourth-order valence-electron chi connectivity index (χ4n) is 8.29. The molecule has 2 aromatic heterocycles. The Kier molecular flexibility index (Phi) is 7.39. The molecule has 3 heteroatoms. The third-order valence-corrected chi connectivity index (χ3v) is 12.1. The zero-order valence-corrected chi connectivity index (χ0v) is 30.6. The zero-order valence-electron chi connectivity index (χ0n) is 29.8. The van der Waals surface area contributed by atoms with Gasteiger partial charge in [-0.3, -0.25) is 0 Å². The molecule has 0 atom stereocenters. The van der Waals surface area contributed by atoms with Crippen molar-refractivity contribution in [3.63, 3.8) is 0 Å². The molecule has 0 aliphatic carbocycles. The van der Waals surface area contributed by atoms with Gasteiger partial charge in [0.1, 0.15) is 0 Å². The number of benzene rings is 9. The Hall–Kier alpha value is -6.94. The summed E-state index contributed by atoms with van der Waals surface area (Å²) >= 11 is 1.83. The molecule has 0 fully saturated rings. The van der Waals surface area contributed by atoms with Crippen molar-refractivity contribution in [1.29, 1.82) is 0 Å². The quantitative estimate of drug-likeness (QED) is 0.131. The number of rotatable bonds is 5. The lowest BCUT2D eigenvalue weighted by Gasteiger charge is -2.15. The number of fused-ring (bicyclic) bond motifs is 7. The number of aromatic nitrogens is 2. The van der Waals surface area contributed by atoms with Crippen LogP contribution < -0.4 is 0 Å². The van der Waals surface area contributed by atoms with Crippen molar-refractivity contribution in [1.82, 2.24) is 9.97 Å². The van der Waals surface area contributed by atoms with Gasteiger partial charge in [-0.05, 0) is 72.8 Å². The molecule has 11 aromatic rings. The van der Waals surface area contributed by atoms with Crippen molar-refractivity contribution in [2.45, 2.75) is 0 Å². The van der Waals surface area contributed by atoms with Gasteiger partial charge >= 0.3 is 0 Å². The van der Waals surface area contributed by atoms with Gasteiger partial charge in [-0.2, -0.15) is 0 Å². The summed E-state index contributed by atoms with van der Waals surface area (Å²) in [5.74, 6) is 0.703. The van der Waals surface area contributed by atoms with E-state index in [2.05, 4.69) is 194 Å². The standard InChI is InChI=1S/C52H32N2S/c1-2-13-33(14-3-1)38-17-8-9-20-41(38)47-32-48(45-23-12-22-44-42-21-10-11-24-49(42)55-51(44)45)54-52(53-47)36-27-25-35(26-28-36)50-40-19-7-5-16-37(40)31-46-39-18-6-4-15-34(39)29-30-43(46)50/h1-32H. The molecule has 2 heterocycles. The van der Waals surface area contributed by atoms with Gasteiger partial charge in [0.15, 0.2) is 5.82 Å². The van der Waals surface area contributed by atoms with Crippen LogP contribution in [0.15, 0.2) is 194 Å². The Morgan fingerprint density at radius 3 is 1.78 bits per heavy atom. The predicted molar refractivity (Wildman–Crippen MR) is 235 cm³/mol. The van der Waals surface area contributed by atoms with E-state index in [9.17, 15) is 0 Å². The Labute approximate surface area is 322 Å². The Balaban J connectivity index is 1.11. The molecule has 2 nitrogen and oxygen atoms in total. The summed E-state index contributed by atoms with van der Waals surface area (Å²) in [6, 6.07) is 69.7. The first-order valence-electron chi connectivity index (χ1n) is 18.7. The molecular formula is C52H32N2S. The normalized spacial score (nSPS) is 11.6. The maximum absolute atomic E-state index is 5.35. The molecule has 0 N–H and O–H groups in total. The first-order chi connectivity index (χ1) is 27.3. The highest BCUT2D eigenvalue weighted by atomic mass is 32.1. The predicted octanol–water partition coefficient (Wildman–Crippen LogP) is 14.6. The minimum Gasteiger partial charge on any atom is -0.228 e. The summed E-state index contributed by atoms with van der Waals surface area (Å²) in [5.41, 5.74) is 9.69. The second-order valence-electron chi connectivity index (χ2n) is 14.1.